The number of epoxide rings is 2. The SMILES string of the molecule is CC1CCOC(=O)C=C/C=C\C(=O)O[C@@H]2C[C@H]3O[C@@H]4[C@H]5O[C@@]5(C)CC[C@]4(COC(=O)C1O)[C@]2(C)C31CO1. The number of carbonyl (C=O) groups excluding carboxylic acids is 3. The molecule has 202 valence electrons. The van der Waals surface area contributed by atoms with Crippen molar-refractivity contribution in [1.29, 1.82) is 0 Å². The molecule has 1 N–H and O–H groups in total. The van der Waals surface area contributed by atoms with Gasteiger partial charge in [0.2, 0.25) is 0 Å². The fourth-order valence-electron chi connectivity index (χ4n) is 7.36. The fraction of sp³-hybridized carbons (Fsp3) is 0.741. The highest BCUT2D eigenvalue weighted by atomic mass is 16.7. The van der Waals surface area contributed by atoms with Crippen molar-refractivity contribution in [2.45, 2.75) is 88.2 Å². The molecule has 4 aliphatic heterocycles. The van der Waals surface area contributed by atoms with Gasteiger partial charge in [0.15, 0.2) is 6.10 Å². The van der Waals surface area contributed by atoms with E-state index in [2.05, 4.69) is 13.8 Å². The van der Waals surface area contributed by atoms with Crippen molar-refractivity contribution in [3.8, 4) is 0 Å². The van der Waals surface area contributed by atoms with Crippen LogP contribution in [0, 0.1) is 16.7 Å². The predicted molar refractivity (Wildman–Crippen MR) is 125 cm³/mol. The zero-order valence-electron chi connectivity index (χ0n) is 21.3. The average Bonchev–Trinajstić information content (AvgIpc) is 3.77. The summed E-state index contributed by atoms with van der Waals surface area (Å²) in [6.45, 7) is 6.30. The fourth-order valence-corrected chi connectivity index (χ4v) is 7.36. The lowest BCUT2D eigenvalue weighted by Crippen LogP contribution is -2.69. The van der Waals surface area contributed by atoms with E-state index in [1.54, 1.807) is 6.92 Å². The third-order valence-electron chi connectivity index (χ3n) is 10.0. The van der Waals surface area contributed by atoms with Gasteiger partial charge in [0.05, 0.1) is 36.4 Å². The van der Waals surface area contributed by atoms with Crippen LogP contribution in [0.15, 0.2) is 24.3 Å². The predicted octanol–water partition coefficient (Wildman–Crippen LogP) is 1.38. The Labute approximate surface area is 215 Å². The first-order valence-electron chi connectivity index (χ1n) is 13.1. The second-order valence-electron chi connectivity index (χ2n) is 11.8. The molecule has 10 nitrogen and oxygen atoms in total. The molecule has 6 rings (SSSR count). The minimum atomic E-state index is -1.38. The number of esters is 3. The van der Waals surface area contributed by atoms with Gasteiger partial charge in [-0.25, -0.2) is 14.4 Å². The number of aliphatic hydroxyl groups is 1. The Morgan fingerprint density at radius 1 is 0.946 bits per heavy atom. The Bertz CT molecular complexity index is 1060. The number of ether oxygens (including phenoxy) is 6. The highest BCUT2D eigenvalue weighted by molar-refractivity contribution is 5.84. The first-order valence-corrected chi connectivity index (χ1v) is 13.1. The second-order valence-corrected chi connectivity index (χ2v) is 11.8. The lowest BCUT2D eigenvalue weighted by atomic mass is 9.50. The molecule has 4 heterocycles. The molecule has 0 aromatic carbocycles. The summed E-state index contributed by atoms with van der Waals surface area (Å²) < 4.78 is 35.9. The van der Waals surface area contributed by atoms with Crippen LogP contribution in [0.1, 0.15) is 46.5 Å². The van der Waals surface area contributed by atoms with Crippen LogP contribution >= 0.6 is 0 Å². The van der Waals surface area contributed by atoms with E-state index in [0.717, 1.165) is 6.42 Å². The molecule has 6 aliphatic rings. The molecule has 0 radical (unpaired) electrons. The third kappa shape index (κ3) is 3.56. The molecule has 2 spiro atoms. The largest absolute Gasteiger partial charge is 0.463 e. The third-order valence-corrected chi connectivity index (χ3v) is 10.0. The van der Waals surface area contributed by atoms with E-state index in [-0.39, 0.29) is 43.5 Å². The molecule has 3 saturated heterocycles. The maximum absolute atomic E-state index is 13.0. The summed E-state index contributed by atoms with van der Waals surface area (Å²) >= 11 is 0. The number of hydrogen-bond acceptors (Lipinski definition) is 10. The van der Waals surface area contributed by atoms with Gasteiger partial charge >= 0.3 is 17.9 Å². The minimum Gasteiger partial charge on any atom is -0.463 e. The van der Waals surface area contributed by atoms with E-state index in [4.69, 9.17) is 28.4 Å². The molecular weight excluding hydrogens is 484 g/mol. The van der Waals surface area contributed by atoms with E-state index in [1.807, 2.05) is 0 Å². The van der Waals surface area contributed by atoms with Crippen LogP contribution in [0.25, 0.3) is 0 Å². The Kier molecular flexibility index (Phi) is 5.66. The molecule has 37 heavy (non-hydrogen) atoms. The van der Waals surface area contributed by atoms with Crippen molar-refractivity contribution in [3.63, 3.8) is 0 Å². The van der Waals surface area contributed by atoms with Crippen LogP contribution < -0.4 is 0 Å². The highest BCUT2D eigenvalue weighted by Gasteiger charge is 2.86. The quantitative estimate of drug-likeness (QED) is 0.285. The molecule has 0 aromatic rings. The van der Waals surface area contributed by atoms with Crippen molar-refractivity contribution in [1.82, 2.24) is 0 Å². The molecule has 2 bridgehead atoms. The van der Waals surface area contributed by atoms with Crippen LogP contribution in [0.3, 0.4) is 0 Å². The Morgan fingerprint density at radius 3 is 2.41 bits per heavy atom. The van der Waals surface area contributed by atoms with Crippen LogP contribution in [-0.4, -0.2) is 84.6 Å². The second kappa shape index (κ2) is 8.36. The van der Waals surface area contributed by atoms with Crippen molar-refractivity contribution in [3.05, 3.63) is 24.3 Å². The summed E-state index contributed by atoms with van der Waals surface area (Å²) in [5.41, 5.74) is -2.40. The Morgan fingerprint density at radius 2 is 1.68 bits per heavy atom. The molecule has 3 unspecified atom stereocenters. The number of hydrogen-bond donors (Lipinski definition) is 1. The molecule has 5 fully saturated rings. The summed E-state index contributed by atoms with van der Waals surface area (Å²) in [5.74, 6) is -2.38. The maximum atomic E-state index is 13.0. The standard InChI is InChI=1S/C27H34O10/c1-15-8-11-32-18(28)6-4-5-7-19(29)35-16-12-17-27(14-34-27)25(16,3)26(13-33-23(31)20(15)30)10-9-24(2)21(37-24)22(26)36-17/h4-7,15-17,20-22,30H,8-14H2,1-3H3/b6-4?,7-5-/t15?,16-,17-,20?,21-,22-,24+,25-,26-,27?/m1/s1. The van der Waals surface area contributed by atoms with Gasteiger partial charge in [-0.1, -0.05) is 26.0 Å². The highest BCUT2D eigenvalue weighted by Crippen LogP contribution is 2.75. The summed E-state index contributed by atoms with van der Waals surface area (Å²) in [4.78, 5) is 37.7. The summed E-state index contributed by atoms with van der Waals surface area (Å²) in [6, 6.07) is 0. The van der Waals surface area contributed by atoms with Gasteiger partial charge in [-0.3, -0.25) is 0 Å². The van der Waals surface area contributed by atoms with Gasteiger partial charge in [-0.15, -0.1) is 0 Å². The molecule has 2 aliphatic carbocycles. The lowest BCUT2D eigenvalue weighted by molar-refractivity contribution is -0.252. The van der Waals surface area contributed by atoms with Gasteiger partial charge < -0.3 is 33.5 Å². The topological polar surface area (TPSA) is 133 Å². The summed E-state index contributed by atoms with van der Waals surface area (Å²) in [6.07, 6.45) is 4.66. The molecule has 2 saturated carbocycles. The van der Waals surface area contributed by atoms with Gasteiger partial charge in [0.1, 0.15) is 24.4 Å². The van der Waals surface area contributed by atoms with Crippen molar-refractivity contribution in [2.75, 3.05) is 19.8 Å². The monoisotopic (exact) mass is 518 g/mol. The molecule has 10 heteroatoms. The van der Waals surface area contributed by atoms with Crippen molar-refractivity contribution >= 4 is 17.9 Å². The average molecular weight is 519 g/mol. The van der Waals surface area contributed by atoms with Crippen LogP contribution in [0.2, 0.25) is 0 Å². The number of fused-ring (bicyclic) bond motifs is 2. The van der Waals surface area contributed by atoms with Crippen LogP contribution in [-0.2, 0) is 42.8 Å². The van der Waals surface area contributed by atoms with Gasteiger partial charge in [-0.2, -0.15) is 0 Å². The first kappa shape index (κ1) is 25.0. The number of rotatable bonds is 0. The maximum Gasteiger partial charge on any atom is 0.335 e. The number of allylic oxidation sites excluding steroid dienone is 2. The van der Waals surface area contributed by atoms with E-state index in [9.17, 15) is 19.5 Å². The van der Waals surface area contributed by atoms with Gasteiger partial charge in [-0.05, 0) is 32.1 Å². The lowest BCUT2D eigenvalue weighted by Gasteiger charge is -2.58. The molecule has 0 aromatic heterocycles. The Balaban J connectivity index is 1.37. The summed E-state index contributed by atoms with van der Waals surface area (Å²) in [7, 11) is 0. The van der Waals surface area contributed by atoms with Crippen LogP contribution in [0.5, 0.6) is 0 Å². The van der Waals surface area contributed by atoms with Crippen molar-refractivity contribution < 1.29 is 47.9 Å². The van der Waals surface area contributed by atoms with E-state index < -0.39 is 52.5 Å². The van der Waals surface area contributed by atoms with Crippen LogP contribution in [0.4, 0.5) is 0 Å². The van der Waals surface area contributed by atoms with Crippen molar-refractivity contribution in [2.24, 2.45) is 16.7 Å². The smallest absolute Gasteiger partial charge is 0.335 e. The van der Waals surface area contributed by atoms with E-state index in [0.29, 0.717) is 19.4 Å². The zero-order chi connectivity index (χ0) is 26.2. The first-order chi connectivity index (χ1) is 17.6. The minimum absolute atomic E-state index is 0.0217. The normalized spacial score (nSPS) is 52.1. The van der Waals surface area contributed by atoms with E-state index >= 15 is 0 Å². The van der Waals surface area contributed by atoms with Gasteiger partial charge in [0.25, 0.3) is 0 Å². The Hall–Kier alpha value is -2.27. The molecule has 10 atom stereocenters. The number of aliphatic hydroxyl groups excluding tert-OH is 1. The summed E-state index contributed by atoms with van der Waals surface area (Å²) in [5, 5.41) is 10.7. The molecule has 0 amide bonds. The van der Waals surface area contributed by atoms with E-state index in [1.165, 1.54) is 24.3 Å². The molecular formula is C27H34O10. The van der Waals surface area contributed by atoms with Gasteiger partial charge in [0, 0.05) is 24.0 Å². The number of cyclic esters (lactones) is 2. The zero-order valence-corrected chi connectivity index (χ0v) is 21.3. The number of carbonyl (C=O) groups is 3.